The summed E-state index contributed by atoms with van der Waals surface area (Å²) in [5.41, 5.74) is 7.26. The van der Waals surface area contributed by atoms with Crippen molar-refractivity contribution in [1.82, 2.24) is 14.9 Å². The van der Waals surface area contributed by atoms with Gasteiger partial charge in [-0.05, 0) is 35.9 Å². The van der Waals surface area contributed by atoms with Gasteiger partial charge in [-0.15, -0.1) is 6.58 Å². The van der Waals surface area contributed by atoms with Gasteiger partial charge in [-0.1, -0.05) is 36.0 Å². The van der Waals surface area contributed by atoms with Crippen molar-refractivity contribution in [2.75, 3.05) is 37.6 Å². The van der Waals surface area contributed by atoms with Crippen molar-refractivity contribution in [1.29, 1.82) is 0 Å². The van der Waals surface area contributed by atoms with Crippen LogP contribution in [0.3, 0.4) is 0 Å². The van der Waals surface area contributed by atoms with Crippen molar-refractivity contribution in [3.05, 3.63) is 84.1 Å². The Labute approximate surface area is 208 Å². The summed E-state index contributed by atoms with van der Waals surface area (Å²) in [5.74, 6) is 0.612. The Morgan fingerprint density at radius 3 is 2.60 bits per heavy atom. The van der Waals surface area contributed by atoms with E-state index in [2.05, 4.69) is 21.4 Å². The smallest absolute Gasteiger partial charge is 0.248 e. The van der Waals surface area contributed by atoms with E-state index in [1.54, 1.807) is 30.5 Å². The maximum atomic E-state index is 11.4. The molecule has 180 valence electrons. The number of nitrogens with two attached hydrogens (primary N) is 1. The minimum Gasteiger partial charge on any atom is -0.472 e. The van der Waals surface area contributed by atoms with E-state index in [0.29, 0.717) is 23.0 Å². The van der Waals surface area contributed by atoms with Gasteiger partial charge in [0.15, 0.2) is 0 Å². The molecule has 2 heterocycles. The summed E-state index contributed by atoms with van der Waals surface area (Å²) in [6.45, 7) is 8.40. The van der Waals surface area contributed by atoms with E-state index in [9.17, 15) is 9.59 Å². The number of anilines is 1. The molecule has 0 radical (unpaired) electrons. The molecule has 1 saturated heterocycles. The largest absolute Gasteiger partial charge is 0.472 e. The van der Waals surface area contributed by atoms with E-state index in [0.717, 1.165) is 54.4 Å². The van der Waals surface area contributed by atoms with Crippen LogP contribution in [0.25, 0.3) is 0 Å². The fourth-order valence-corrected chi connectivity index (χ4v) is 4.53. The van der Waals surface area contributed by atoms with Crippen molar-refractivity contribution in [3.8, 4) is 5.88 Å². The van der Waals surface area contributed by atoms with E-state index in [1.807, 2.05) is 30.3 Å². The zero-order chi connectivity index (χ0) is 24.6. The van der Waals surface area contributed by atoms with Gasteiger partial charge in [-0.3, -0.25) is 14.5 Å². The number of amides is 1. The summed E-state index contributed by atoms with van der Waals surface area (Å²) in [7, 11) is 0. The lowest BCUT2D eigenvalue weighted by molar-refractivity contribution is 0.0999. The number of carbonyl (C=O) groups is 2. The van der Waals surface area contributed by atoms with Crippen LogP contribution in [0.15, 0.2) is 77.2 Å². The number of aldehydes is 1. The molecule has 2 aromatic carbocycles. The monoisotopic (exact) mass is 489 g/mol. The fraction of sp³-hybridized carbons (Fsp3) is 0.231. The molecular weight excluding hydrogens is 462 g/mol. The molecule has 1 aliphatic rings. The highest BCUT2D eigenvalue weighted by Gasteiger charge is 2.20. The number of nitrogens with zero attached hydrogens (tertiary/aromatic N) is 4. The number of aromatic nitrogens is 2. The summed E-state index contributed by atoms with van der Waals surface area (Å²) in [4.78, 5) is 38.0. The fourth-order valence-electron chi connectivity index (χ4n) is 3.71. The number of carbonyl (C=O) groups excluding carboxylic acids is 2. The molecule has 0 atom stereocenters. The third kappa shape index (κ3) is 6.46. The SMILES string of the molecule is C=CCN1CCN(c2ncc(Sc3ccc(C(N)=O)cc3)c(OCc3cccc(C=O)c3)n2)CC1. The van der Waals surface area contributed by atoms with Crippen LogP contribution in [-0.2, 0) is 6.61 Å². The zero-order valence-electron chi connectivity index (χ0n) is 19.3. The number of ether oxygens (including phenoxy) is 1. The van der Waals surface area contributed by atoms with Gasteiger partial charge in [-0.25, -0.2) is 4.98 Å². The van der Waals surface area contributed by atoms with Crippen LogP contribution >= 0.6 is 11.8 Å². The number of hydrogen-bond acceptors (Lipinski definition) is 8. The molecule has 2 N–H and O–H groups in total. The van der Waals surface area contributed by atoms with E-state index in [1.165, 1.54) is 11.8 Å². The van der Waals surface area contributed by atoms with Crippen LogP contribution in [0, 0.1) is 0 Å². The predicted octanol–water partition coefficient (Wildman–Crippen LogP) is 3.43. The lowest BCUT2D eigenvalue weighted by atomic mass is 10.1. The van der Waals surface area contributed by atoms with Crippen molar-refractivity contribution in [2.24, 2.45) is 5.73 Å². The maximum absolute atomic E-state index is 11.4. The van der Waals surface area contributed by atoms with Gasteiger partial charge >= 0.3 is 0 Å². The van der Waals surface area contributed by atoms with Gasteiger partial charge in [0.25, 0.3) is 0 Å². The molecule has 0 spiro atoms. The molecule has 9 heteroatoms. The van der Waals surface area contributed by atoms with Crippen molar-refractivity contribution in [2.45, 2.75) is 16.4 Å². The minimum atomic E-state index is -0.469. The highest BCUT2D eigenvalue weighted by atomic mass is 32.2. The van der Waals surface area contributed by atoms with Gasteiger partial charge < -0.3 is 15.4 Å². The number of rotatable bonds is 10. The Bertz CT molecular complexity index is 1190. The number of hydrogen-bond donors (Lipinski definition) is 1. The summed E-state index contributed by atoms with van der Waals surface area (Å²) < 4.78 is 6.14. The lowest BCUT2D eigenvalue weighted by Crippen LogP contribution is -2.46. The quantitative estimate of drug-likeness (QED) is 0.341. The van der Waals surface area contributed by atoms with E-state index < -0.39 is 5.91 Å². The molecule has 1 amide bonds. The molecule has 0 saturated carbocycles. The summed E-state index contributed by atoms with van der Waals surface area (Å²) >= 11 is 1.44. The molecule has 4 rings (SSSR count). The molecule has 0 bridgehead atoms. The Morgan fingerprint density at radius 2 is 1.91 bits per heavy atom. The van der Waals surface area contributed by atoms with Crippen molar-refractivity contribution >= 4 is 29.9 Å². The predicted molar refractivity (Wildman–Crippen MR) is 136 cm³/mol. The summed E-state index contributed by atoms with van der Waals surface area (Å²) in [5, 5.41) is 0. The molecule has 1 aliphatic heterocycles. The number of benzene rings is 2. The second-order valence-corrected chi connectivity index (χ2v) is 9.17. The van der Waals surface area contributed by atoms with Crippen LogP contribution in [0.4, 0.5) is 5.95 Å². The normalized spacial score (nSPS) is 13.9. The van der Waals surface area contributed by atoms with Crippen LogP contribution in [-0.4, -0.2) is 59.8 Å². The van der Waals surface area contributed by atoms with Gasteiger partial charge in [0.05, 0.1) is 11.1 Å². The van der Waals surface area contributed by atoms with Crippen molar-refractivity contribution in [3.63, 3.8) is 0 Å². The topological polar surface area (TPSA) is 102 Å². The van der Waals surface area contributed by atoms with E-state index in [-0.39, 0.29) is 6.61 Å². The Morgan fingerprint density at radius 1 is 1.14 bits per heavy atom. The average molecular weight is 490 g/mol. The Kier molecular flexibility index (Phi) is 8.12. The molecule has 3 aromatic rings. The average Bonchev–Trinajstić information content (AvgIpc) is 2.89. The minimum absolute atomic E-state index is 0.263. The molecule has 35 heavy (non-hydrogen) atoms. The molecule has 0 aliphatic carbocycles. The molecule has 1 fully saturated rings. The maximum Gasteiger partial charge on any atom is 0.248 e. The highest BCUT2D eigenvalue weighted by Crippen LogP contribution is 2.35. The summed E-state index contributed by atoms with van der Waals surface area (Å²) in [6.07, 6.45) is 4.50. The standard InChI is InChI=1S/C26H27N5O3S/c1-2-10-30-11-13-31(14-12-30)26-28-16-23(35-22-8-6-21(7-9-22)24(27)33)25(29-26)34-18-20-5-3-4-19(15-20)17-32/h2-9,15-17H,1,10-14,18H2,(H2,27,33). The van der Waals surface area contributed by atoms with Gasteiger partial charge in [-0.2, -0.15) is 4.98 Å². The van der Waals surface area contributed by atoms with Crippen LogP contribution in [0.5, 0.6) is 5.88 Å². The van der Waals surface area contributed by atoms with Gasteiger partial charge in [0, 0.05) is 48.7 Å². The molecule has 0 unspecified atom stereocenters. The van der Waals surface area contributed by atoms with Crippen LogP contribution in [0.2, 0.25) is 0 Å². The second kappa shape index (κ2) is 11.6. The first kappa shape index (κ1) is 24.4. The molecular formula is C26H27N5O3S. The van der Waals surface area contributed by atoms with Gasteiger partial charge in [0.1, 0.15) is 12.9 Å². The van der Waals surface area contributed by atoms with Crippen molar-refractivity contribution < 1.29 is 14.3 Å². The van der Waals surface area contributed by atoms with E-state index in [4.69, 9.17) is 15.5 Å². The second-order valence-electron chi connectivity index (χ2n) is 8.06. The first-order chi connectivity index (χ1) is 17.1. The zero-order valence-corrected chi connectivity index (χ0v) is 20.1. The van der Waals surface area contributed by atoms with Crippen LogP contribution < -0.4 is 15.4 Å². The highest BCUT2D eigenvalue weighted by molar-refractivity contribution is 7.99. The molecule has 8 nitrogen and oxygen atoms in total. The lowest BCUT2D eigenvalue weighted by Gasteiger charge is -2.34. The summed E-state index contributed by atoms with van der Waals surface area (Å²) in [6, 6.07) is 14.3. The first-order valence-electron chi connectivity index (χ1n) is 11.3. The Balaban J connectivity index is 1.55. The molecule has 1 aromatic heterocycles. The van der Waals surface area contributed by atoms with Gasteiger partial charge in [0.2, 0.25) is 17.7 Å². The number of primary amides is 1. The first-order valence-corrected chi connectivity index (χ1v) is 12.1. The van der Waals surface area contributed by atoms with E-state index >= 15 is 0 Å². The number of piperazine rings is 1. The van der Waals surface area contributed by atoms with Crippen LogP contribution in [0.1, 0.15) is 26.3 Å². The third-order valence-electron chi connectivity index (χ3n) is 5.58. The Hall–Kier alpha value is -3.69. The third-order valence-corrected chi connectivity index (χ3v) is 6.59.